The van der Waals surface area contributed by atoms with Gasteiger partial charge in [-0.05, 0) is 29.0 Å². The van der Waals surface area contributed by atoms with Gasteiger partial charge in [0.15, 0.2) is 0 Å². The monoisotopic (exact) mass is 212 g/mol. The molecule has 0 heterocycles. The van der Waals surface area contributed by atoms with Crippen molar-refractivity contribution < 1.29 is 8.78 Å². The lowest BCUT2D eigenvalue weighted by Gasteiger charge is -2.17. The maximum absolute atomic E-state index is 12.5. The van der Waals surface area contributed by atoms with Crippen LogP contribution in [0.25, 0.3) is 0 Å². The molecular formula is C13H18F2. The number of hydrogen-bond donors (Lipinski definition) is 0. The first-order valence-corrected chi connectivity index (χ1v) is 5.35. The Morgan fingerprint density at radius 3 is 1.80 bits per heavy atom. The average Bonchev–Trinajstić information content (AvgIpc) is 2.16. The molecule has 0 aromatic heterocycles. The second-order valence-electron chi connectivity index (χ2n) is 4.50. The Bertz CT molecular complexity index is 327. The SMILES string of the molecule is CC(C)c1ccc(C(F)F)cc1C(C)C. The summed E-state index contributed by atoms with van der Waals surface area (Å²) in [6, 6.07) is 5.01. The van der Waals surface area contributed by atoms with Crippen LogP contribution in [0.1, 0.15) is 62.6 Å². The van der Waals surface area contributed by atoms with Gasteiger partial charge in [-0.15, -0.1) is 0 Å². The highest BCUT2D eigenvalue weighted by atomic mass is 19.3. The van der Waals surface area contributed by atoms with Gasteiger partial charge in [0.2, 0.25) is 0 Å². The second kappa shape index (κ2) is 4.73. The lowest BCUT2D eigenvalue weighted by molar-refractivity contribution is 0.151. The predicted molar refractivity (Wildman–Crippen MR) is 59.6 cm³/mol. The van der Waals surface area contributed by atoms with E-state index in [2.05, 4.69) is 13.8 Å². The molecule has 0 aliphatic rings. The first-order chi connectivity index (χ1) is 6.93. The highest BCUT2D eigenvalue weighted by molar-refractivity contribution is 5.36. The van der Waals surface area contributed by atoms with E-state index in [4.69, 9.17) is 0 Å². The van der Waals surface area contributed by atoms with Crippen molar-refractivity contribution in [1.82, 2.24) is 0 Å². The number of benzene rings is 1. The predicted octanol–water partition coefficient (Wildman–Crippen LogP) is 4.87. The Morgan fingerprint density at radius 1 is 0.867 bits per heavy atom. The molecular weight excluding hydrogens is 194 g/mol. The maximum Gasteiger partial charge on any atom is 0.263 e. The van der Waals surface area contributed by atoms with Gasteiger partial charge in [0.25, 0.3) is 6.43 Å². The largest absolute Gasteiger partial charge is 0.263 e. The van der Waals surface area contributed by atoms with Crippen molar-refractivity contribution in [3.63, 3.8) is 0 Å². The fourth-order valence-corrected chi connectivity index (χ4v) is 1.75. The molecule has 15 heavy (non-hydrogen) atoms. The average molecular weight is 212 g/mol. The van der Waals surface area contributed by atoms with Crippen molar-refractivity contribution in [3.05, 3.63) is 34.9 Å². The number of hydrogen-bond acceptors (Lipinski definition) is 0. The van der Waals surface area contributed by atoms with E-state index >= 15 is 0 Å². The van der Waals surface area contributed by atoms with Crippen molar-refractivity contribution in [3.8, 4) is 0 Å². The van der Waals surface area contributed by atoms with E-state index in [1.165, 1.54) is 11.6 Å². The summed E-state index contributed by atoms with van der Waals surface area (Å²) in [6.07, 6.45) is -2.37. The van der Waals surface area contributed by atoms with Crippen LogP contribution >= 0.6 is 0 Å². The van der Waals surface area contributed by atoms with E-state index in [1.807, 2.05) is 19.9 Å². The fourth-order valence-electron chi connectivity index (χ4n) is 1.75. The van der Waals surface area contributed by atoms with Gasteiger partial charge in [-0.2, -0.15) is 0 Å². The summed E-state index contributed by atoms with van der Waals surface area (Å²) in [5.41, 5.74) is 2.35. The van der Waals surface area contributed by atoms with Gasteiger partial charge < -0.3 is 0 Å². The van der Waals surface area contributed by atoms with Gasteiger partial charge in [-0.1, -0.05) is 39.8 Å². The zero-order valence-electron chi connectivity index (χ0n) is 9.72. The van der Waals surface area contributed by atoms with Gasteiger partial charge >= 0.3 is 0 Å². The Morgan fingerprint density at radius 2 is 1.40 bits per heavy atom. The van der Waals surface area contributed by atoms with E-state index in [0.29, 0.717) is 11.8 Å². The molecule has 0 aliphatic heterocycles. The molecule has 0 radical (unpaired) electrons. The molecule has 0 atom stereocenters. The summed E-state index contributed by atoms with van der Waals surface area (Å²) in [6.45, 7) is 8.25. The molecule has 0 N–H and O–H groups in total. The Balaban J connectivity index is 3.21. The van der Waals surface area contributed by atoms with Crippen molar-refractivity contribution in [1.29, 1.82) is 0 Å². The molecule has 0 unspecified atom stereocenters. The second-order valence-corrected chi connectivity index (χ2v) is 4.50. The molecule has 84 valence electrons. The maximum atomic E-state index is 12.5. The molecule has 0 saturated heterocycles. The molecule has 2 heteroatoms. The van der Waals surface area contributed by atoms with Crippen LogP contribution in [0.3, 0.4) is 0 Å². The minimum atomic E-state index is -2.37. The minimum Gasteiger partial charge on any atom is -0.205 e. The summed E-state index contributed by atoms with van der Waals surface area (Å²) in [4.78, 5) is 0. The van der Waals surface area contributed by atoms with Crippen LogP contribution in [-0.2, 0) is 0 Å². The molecule has 1 aromatic carbocycles. The Kier molecular flexibility index (Phi) is 3.83. The number of rotatable bonds is 3. The van der Waals surface area contributed by atoms with Crippen LogP contribution in [-0.4, -0.2) is 0 Å². The summed E-state index contributed by atoms with van der Waals surface area (Å²) >= 11 is 0. The van der Waals surface area contributed by atoms with E-state index in [0.717, 1.165) is 5.56 Å². The first kappa shape index (κ1) is 12.2. The van der Waals surface area contributed by atoms with Gasteiger partial charge in [0.1, 0.15) is 0 Å². The number of alkyl halides is 2. The molecule has 0 spiro atoms. The molecule has 0 saturated carbocycles. The molecule has 1 aromatic rings. The van der Waals surface area contributed by atoms with Crippen LogP contribution in [0.5, 0.6) is 0 Å². The first-order valence-electron chi connectivity index (χ1n) is 5.35. The standard InChI is InChI=1S/C13H18F2/c1-8(2)11-6-5-10(13(14)15)7-12(11)9(3)4/h5-9,13H,1-4H3. The molecule has 0 nitrogen and oxygen atoms in total. The molecule has 0 aliphatic carbocycles. The van der Waals surface area contributed by atoms with Crippen LogP contribution in [0.15, 0.2) is 18.2 Å². The van der Waals surface area contributed by atoms with Gasteiger partial charge in [0.05, 0.1) is 0 Å². The third-order valence-electron chi connectivity index (χ3n) is 2.61. The lowest BCUT2D eigenvalue weighted by Crippen LogP contribution is -2.00. The smallest absolute Gasteiger partial charge is 0.205 e. The summed E-state index contributed by atoms with van der Waals surface area (Å²) < 4.78 is 25.1. The van der Waals surface area contributed by atoms with Crippen LogP contribution in [0, 0.1) is 0 Å². The van der Waals surface area contributed by atoms with Crippen LogP contribution in [0.2, 0.25) is 0 Å². The highest BCUT2D eigenvalue weighted by Crippen LogP contribution is 2.30. The van der Waals surface area contributed by atoms with E-state index in [9.17, 15) is 8.78 Å². The van der Waals surface area contributed by atoms with Crippen LogP contribution < -0.4 is 0 Å². The molecule has 0 fully saturated rings. The normalized spacial score (nSPS) is 11.8. The van der Waals surface area contributed by atoms with E-state index < -0.39 is 6.43 Å². The van der Waals surface area contributed by atoms with Crippen molar-refractivity contribution in [2.24, 2.45) is 0 Å². The third-order valence-corrected chi connectivity index (χ3v) is 2.61. The van der Waals surface area contributed by atoms with Gasteiger partial charge in [-0.3, -0.25) is 0 Å². The van der Waals surface area contributed by atoms with Gasteiger partial charge in [-0.25, -0.2) is 8.78 Å². The van der Waals surface area contributed by atoms with Crippen LogP contribution in [0.4, 0.5) is 8.78 Å². The lowest BCUT2D eigenvalue weighted by atomic mass is 9.89. The zero-order valence-corrected chi connectivity index (χ0v) is 9.72. The Hall–Kier alpha value is -0.920. The Labute approximate surface area is 90.3 Å². The van der Waals surface area contributed by atoms with Crippen molar-refractivity contribution >= 4 is 0 Å². The fraction of sp³-hybridized carbons (Fsp3) is 0.538. The summed E-state index contributed by atoms with van der Waals surface area (Å²) in [7, 11) is 0. The topological polar surface area (TPSA) is 0 Å². The zero-order chi connectivity index (χ0) is 11.6. The molecule has 0 bridgehead atoms. The number of halogens is 2. The van der Waals surface area contributed by atoms with Crippen molar-refractivity contribution in [2.75, 3.05) is 0 Å². The quantitative estimate of drug-likeness (QED) is 0.670. The summed E-state index contributed by atoms with van der Waals surface area (Å²) in [5, 5.41) is 0. The molecule has 0 amide bonds. The third kappa shape index (κ3) is 2.77. The van der Waals surface area contributed by atoms with E-state index in [-0.39, 0.29) is 5.56 Å². The van der Waals surface area contributed by atoms with E-state index in [1.54, 1.807) is 6.07 Å². The van der Waals surface area contributed by atoms with Crippen molar-refractivity contribution in [2.45, 2.75) is 46.0 Å². The highest BCUT2D eigenvalue weighted by Gasteiger charge is 2.14. The molecule has 1 rings (SSSR count). The van der Waals surface area contributed by atoms with Gasteiger partial charge in [0, 0.05) is 5.56 Å². The minimum absolute atomic E-state index is 0.128. The summed E-state index contributed by atoms with van der Waals surface area (Å²) in [5.74, 6) is 0.676.